The van der Waals surface area contributed by atoms with Gasteiger partial charge >= 0.3 is 36.2 Å². The second-order valence-corrected chi connectivity index (χ2v) is 0. The Balaban J connectivity index is 0. The molecule has 0 amide bonds. The Bertz CT molecular complexity index is 8.04. The van der Waals surface area contributed by atoms with E-state index < -0.39 is 0 Å². The summed E-state index contributed by atoms with van der Waals surface area (Å²) < 4.78 is 0. The molecule has 0 bridgehead atoms. The molecule has 0 aliphatic carbocycles. The summed E-state index contributed by atoms with van der Waals surface area (Å²) in [5.74, 6) is 0. The molecular weight excluding hydrogens is 114 g/mol. The minimum absolute atomic E-state index is 0. The van der Waals surface area contributed by atoms with E-state index in [1.54, 1.807) is 0 Å². The van der Waals surface area contributed by atoms with Crippen molar-refractivity contribution in [2.75, 3.05) is 0 Å². The Morgan fingerprint density at radius 2 is 0.571 bits per heavy atom. The largest absolute Gasteiger partial charge is 3.00 e. The Morgan fingerprint density at radius 1 is 0.571 bits per heavy atom. The van der Waals surface area contributed by atoms with E-state index in [1.165, 1.54) is 0 Å². The molecule has 0 unspecified atom stereocenters. The summed E-state index contributed by atoms with van der Waals surface area (Å²) in [5.41, 5.74) is 0. The van der Waals surface area contributed by atoms with Crippen LogP contribution in [0.1, 0.15) is 0 Å². The molecule has 0 saturated carbocycles. The molecule has 0 aromatic heterocycles. The van der Waals surface area contributed by atoms with Gasteiger partial charge in [0.25, 0.3) is 0 Å². The summed E-state index contributed by atoms with van der Waals surface area (Å²) in [4.78, 5) is 0. The minimum Gasteiger partial charge on any atom is -0.870 e. The van der Waals surface area contributed by atoms with Gasteiger partial charge in [0.15, 0.2) is 0 Å². The third-order valence-electron chi connectivity index (χ3n) is 0. The molecule has 0 aliphatic heterocycles. The van der Waals surface area contributed by atoms with Crippen LogP contribution in [0.4, 0.5) is 0 Å². The summed E-state index contributed by atoms with van der Waals surface area (Å²) in [6.07, 6.45) is 0. The molecule has 5 nitrogen and oxygen atoms in total. The minimum atomic E-state index is 0. The number of hydrogen-bond donors (Lipinski definition) is 0. The van der Waals surface area contributed by atoms with Gasteiger partial charge in [-0.25, -0.2) is 0 Å². The van der Waals surface area contributed by atoms with Crippen LogP contribution in [0.2, 0.25) is 0 Å². The molecule has 0 fully saturated rings. The van der Waals surface area contributed by atoms with Gasteiger partial charge in [-0.15, -0.1) is 0 Å². The molecule has 0 saturated heterocycles. The van der Waals surface area contributed by atoms with Crippen molar-refractivity contribution in [1.29, 1.82) is 0 Å². The summed E-state index contributed by atoms with van der Waals surface area (Å²) in [5, 5.41) is 0. The first-order chi connectivity index (χ1) is 0. The topological polar surface area (TPSA) is 152 Å². The number of hydrogen-bond acceptors (Lipinski definition) is 4. The van der Waals surface area contributed by atoms with Crippen LogP contribution in [-0.2, 0) is 0 Å². The molecule has 40 valence electrons. The maximum Gasteiger partial charge on any atom is 3.00 e. The van der Waals surface area contributed by atoms with E-state index >= 15 is 0 Å². The fourth-order valence-electron chi connectivity index (χ4n) is 0. The maximum atomic E-state index is 0. The fraction of sp³-hybridized carbons (Fsp3) is 0. The third-order valence-corrected chi connectivity index (χ3v) is 0. The van der Waals surface area contributed by atoms with Crippen molar-refractivity contribution < 1.29 is 46.2 Å². The average molecular weight is 120 g/mol. The van der Waals surface area contributed by atoms with Crippen LogP contribution < -0.4 is 18.9 Å². The zero-order chi connectivity index (χ0) is 0. The van der Waals surface area contributed by atoms with Gasteiger partial charge in [0, 0.05) is 0 Å². The first kappa shape index (κ1) is 440. The van der Waals surface area contributed by atoms with Crippen LogP contribution in [0.15, 0.2) is 0 Å². The van der Waals surface area contributed by atoms with E-state index in [1.807, 2.05) is 0 Å². The van der Waals surface area contributed by atoms with Gasteiger partial charge < -0.3 is 27.4 Å². The van der Waals surface area contributed by atoms with E-state index in [-0.39, 0.29) is 63.6 Å². The predicted molar refractivity (Wildman–Crippen MR) is 17.1 cm³/mol. The summed E-state index contributed by atoms with van der Waals surface area (Å²) >= 11 is 0. The monoisotopic (exact) mass is 120 g/mol. The van der Waals surface area contributed by atoms with Gasteiger partial charge in [0.2, 0.25) is 0 Å². The summed E-state index contributed by atoms with van der Waals surface area (Å²) in [6.45, 7) is 0. The molecule has 0 spiro atoms. The quantitative estimate of drug-likeness (QED) is 0.294. The summed E-state index contributed by atoms with van der Waals surface area (Å²) in [7, 11) is 0. The van der Waals surface area contributed by atoms with Gasteiger partial charge in [-0.3, -0.25) is 0 Å². The van der Waals surface area contributed by atoms with Crippen molar-refractivity contribution in [3.8, 4) is 0 Å². The van der Waals surface area contributed by atoms with Gasteiger partial charge in [0.05, 0.1) is 0 Å². The van der Waals surface area contributed by atoms with Gasteiger partial charge in [-0.1, -0.05) is 0 Å². The molecule has 7 heavy (non-hydrogen) atoms. The Morgan fingerprint density at radius 3 is 0.571 bits per heavy atom. The standard InChI is InChI=1S/Al.Li.5H2O/h;;5*1H2/q+3;+1;;;;;/p-4. The van der Waals surface area contributed by atoms with E-state index in [2.05, 4.69) is 0 Å². The second-order valence-electron chi connectivity index (χ2n) is 0. The molecule has 0 atom stereocenters. The zero-order valence-electron chi connectivity index (χ0n) is 3.87. The van der Waals surface area contributed by atoms with Crippen molar-refractivity contribution in [2.24, 2.45) is 0 Å². The first-order valence-electron chi connectivity index (χ1n) is 0. The van der Waals surface area contributed by atoms with E-state index in [9.17, 15) is 0 Å². The van der Waals surface area contributed by atoms with Crippen molar-refractivity contribution in [1.82, 2.24) is 0 Å². The van der Waals surface area contributed by atoms with Crippen LogP contribution in [0, 0.1) is 0 Å². The second kappa shape index (κ2) is 282. The molecule has 7 heteroatoms. The van der Waals surface area contributed by atoms with Crippen LogP contribution in [0.3, 0.4) is 0 Å². The van der Waals surface area contributed by atoms with Crippen molar-refractivity contribution >= 4 is 17.4 Å². The van der Waals surface area contributed by atoms with Crippen molar-refractivity contribution in [3.05, 3.63) is 0 Å². The van der Waals surface area contributed by atoms with Crippen molar-refractivity contribution in [2.45, 2.75) is 0 Å². The Hall–Kier alpha value is 0.930. The van der Waals surface area contributed by atoms with Gasteiger partial charge in [-0.2, -0.15) is 0 Å². The Kier molecular flexibility index (Phi) is 17700. The third kappa shape index (κ3) is 195. The number of rotatable bonds is 0. The molecule has 0 aliphatic rings. The Labute approximate surface area is 63.9 Å². The molecule has 0 rings (SSSR count). The van der Waals surface area contributed by atoms with Crippen LogP contribution >= 0.6 is 0 Å². The summed E-state index contributed by atoms with van der Waals surface area (Å²) in [6, 6.07) is 0. The van der Waals surface area contributed by atoms with Crippen LogP contribution in [0.25, 0.3) is 0 Å². The fourth-order valence-corrected chi connectivity index (χ4v) is 0. The average Bonchev–Trinajstić information content (AvgIpc) is 0. The molecule has 0 radical (unpaired) electrons. The van der Waals surface area contributed by atoms with E-state index in [0.717, 1.165) is 0 Å². The molecule has 0 heterocycles. The van der Waals surface area contributed by atoms with Gasteiger partial charge in [-0.05, 0) is 0 Å². The normalized spacial score (nSPS) is 0. The SMILES string of the molecule is O.[Al+3].[Li+].[OH-].[OH-].[OH-].[OH-]. The van der Waals surface area contributed by atoms with E-state index in [4.69, 9.17) is 0 Å². The molecule has 0 aromatic rings. The zero-order valence-corrected chi connectivity index (χ0v) is 5.02. The molecule has 0 aromatic carbocycles. The smallest absolute Gasteiger partial charge is 0.870 e. The van der Waals surface area contributed by atoms with Gasteiger partial charge in [0.1, 0.15) is 0 Å². The van der Waals surface area contributed by atoms with Crippen LogP contribution in [-0.4, -0.2) is 44.7 Å². The van der Waals surface area contributed by atoms with Crippen molar-refractivity contribution in [3.63, 3.8) is 0 Å². The van der Waals surface area contributed by atoms with Crippen LogP contribution in [0.5, 0.6) is 0 Å². The predicted octanol–water partition coefficient (Wildman–Crippen LogP) is -4.91. The molecule has 6 N–H and O–H groups in total. The first-order valence-corrected chi connectivity index (χ1v) is 0. The molecular formula is H6AlLiO5. The van der Waals surface area contributed by atoms with E-state index in [0.29, 0.717) is 0 Å². The maximum absolute atomic E-state index is 0.